The SMILES string of the molecule is Cc1c(-c2cc3cc(NC(=O)N[C@@H]4[C@@H]5COC[C@@H]54)ncc3c(NC(=O)OC(C)(C)C)c2F)cnc2c1N(C(=O)O)CCO2. The molecule has 1 saturated heterocycles. The third-order valence-electron chi connectivity index (χ3n) is 7.70. The van der Waals surface area contributed by atoms with Crippen LogP contribution in [0.4, 0.5) is 36.0 Å². The zero-order valence-corrected chi connectivity index (χ0v) is 24.0. The maximum Gasteiger partial charge on any atom is 0.412 e. The number of nitrogens with one attached hydrogen (secondary N) is 3. The number of fused-ring (bicyclic) bond motifs is 3. The molecule has 1 saturated carbocycles. The van der Waals surface area contributed by atoms with E-state index in [-0.39, 0.29) is 58.8 Å². The molecule has 2 aromatic heterocycles. The van der Waals surface area contributed by atoms with E-state index in [1.54, 1.807) is 33.8 Å². The molecule has 3 aromatic rings. The van der Waals surface area contributed by atoms with E-state index in [0.717, 1.165) is 4.90 Å². The molecule has 3 aliphatic rings. The van der Waals surface area contributed by atoms with E-state index in [1.165, 1.54) is 18.5 Å². The van der Waals surface area contributed by atoms with Crippen LogP contribution in [0.2, 0.25) is 0 Å². The van der Waals surface area contributed by atoms with E-state index in [9.17, 15) is 19.5 Å². The number of halogens is 1. The minimum absolute atomic E-state index is 0.0367. The molecule has 226 valence electrons. The van der Waals surface area contributed by atoms with Gasteiger partial charge in [-0.05, 0) is 50.8 Å². The Hall–Kier alpha value is -4.72. The average Bonchev–Trinajstić information content (AvgIpc) is 3.32. The van der Waals surface area contributed by atoms with E-state index in [4.69, 9.17) is 14.2 Å². The zero-order valence-electron chi connectivity index (χ0n) is 24.0. The molecule has 4 heterocycles. The fourth-order valence-electron chi connectivity index (χ4n) is 5.62. The summed E-state index contributed by atoms with van der Waals surface area (Å²) < 4.78 is 32.6. The molecular formula is C29H31FN6O7. The van der Waals surface area contributed by atoms with Gasteiger partial charge in [-0.1, -0.05) is 0 Å². The summed E-state index contributed by atoms with van der Waals surface area (Å²) in [7, 11) is 0. The highest BCUT2D eigenvalue weighted by Gasteiger charge is 2.54. The number of rotatable bonds is 4. The number of hydrogen-bond donors (Lipinski definition) is 4. The van der Waals surface area contributed by atoms with Crippen molar-refractivity contribution < 1.29 is 38.1 Å². The molecule has 4 amide bonds. The number of amides is 4. The van der Waals surface area contributed by atoms with Crippen molar-refractivity contribution in [2.24, 2.45) is 11.8 Å². The predicted octanol–water partition coefficient (Wildman–Crippen LogP) is 4.73. The number of benzene rings is 1. The van der Waals surface area contributed by atoms with Crippen LogP contribution >= 0.6 is 0 Å². The molecule has 13 nitrogen and oxygen atoms in total. The van der Waals surface area contributed by atoms with E-state index >= 15 is 4.39 Å². The fraction of sp³-hybridized carbons (Fsp3) is 0.414. The first kappa shape index (κ1) is 28.4. The van der Waals surface area contributed by atoms with Crippen LogP contribution in [0.15, 0.2) is 24.5 Å². The maximum atomic E-state index is 16.3. The first-order valence-corrected chi connectivity index (χ1v) is 13.8. The van der Waals surface area contributed by atoms with Gasteiger partial charge in [-0.15, -0.1) is 0 Å². The number of pyridine rings is 2. The Bertz CT molecular complexity index is 1650. The molecule has 1 aliphatic carbocycles. The van der Waals surface area contributed by atoms with Crippen LogP contribution in [-0.2, 0) is 9.47 Å². The van der Waals surface area contributed by atoms with Crippen LogP contribution in [-0.4, -0.2) is 71.3 Å². The number of aromatic nitrogens is 2. The monoisotopic (exact) mass is 594 g/mol. The molecule has 0 radical (unpaired) electrons. The molecule has 4 N–H and O–H groups in total. The molecule has 2 fully saturated rings. The van der Waals surface area contributed by atoms with Crippen LogP contribution in [0.3, 0.4) is 0 Å². The lowest BCUT2D eigenvalue weighted by atomic mass is 9.96. The van der Waals surface area contributed by atoms with Gasteiger partial charge in [-0.3, -0.25) is 15.5 Å². The van der Waals surface area contributed by atoms with Crippen LogP contribution in [0.25, 0.3) is 21.9 Å². The molecule has 2 aliphatic heterocycles. The summed E-state index contributed by atoms with van der Waals surface area (Å²) in [5.41, 5.74) is -0.0918. The summed E-state index contributed by atoms with van der Waals surface area (Å²) in [4.78, 5) is 47.0. The predicted molar refractivity (Wildman–Crippen MR) is 154 cm³/mol. The van der Waals surface area contributed by atoms with Gasteiger partial charge in [0.15, 0.2) is 5.82 Å². The van der Waals surface area contributed by atoms with Crippen molar-refractivity contribution in [1.29, 1.82) is 0 Å². The lowest BCUT2D eigenvalue weighted by Gasteiger charge is -2.29. The van der Waals surface area contributed by atoms with Gasteiger partial charge in [-0.25, -0.2) is 28.7 Å². The third-order valence-corrected chi connectivity index (χ3v) is 7.70. The zero-order chi connectivity index (χ0) is 30.6. The molecule has 1 aromatic carbocycles. The quantitative estimate of drug-likeness (QED) is 0.334. The van der Waals surface area contributed by atoms with Gasteiger partial charge in [0.05, 0.1) is 25.4 Å². The second-order valence-electron chi connectivity index (χ2n) is 11.8. The first-order chi connectivity index (χ1) is 20.4. The number of anilines is 3. The normalized spacial score (nSPS) is 20.5. The van der Waals surface area contributed by atoms with Crippen LogP contribution < -0.4 is 25.6 Å². The van der Waals surface area contributed by atoms with Crippen LogP contribution in [0.1, 0.15) is 26.3 Å². The third kappa shape index (κ3) is 5.45. The topological polar surface area (TPSA) is 164 Å². The minimum atomic E-state index is -1.19. The number of carbonyl (C=O) groups is 3. The van der Waals surface area contributed by atoms with Gasteiger partial charge in [0.25, 0.3) is 0 Å². The van der Waals surface area contributed by atoms with Gasteiger partial charge in [0.1, 0.15) is 23.7 Å². The molecule has 0 bridgehead atoms. The van der Waals surface area contributed by atoms with Crippen molar-refractivity contribution in [3.05, 3.63) is 35.9 Å². The number of nitrogens with zero attached hydrogens (tertiary/aromatic N) is 3. The van der Waals surface area contributed by atoms with Gasteiger partial charge in [0, 0.05) is 46.8 Å². The molecule has 14 heteroatoms. The van der Waals surface area contributed by atoms with Gasteiger partial charge in [0.2, 0.25) is 5.88 Å². The van der Waals surface area contributed by atoms with E-state index in [1.807, 2.05) is 0 Å². The molecule has 6 rings (SSSR count). The van der Waals surface area contributed by atoms with Crippen molar-refractivity contribution in [2.75, 3.05) is 41.9 Å². The van der Waals surface area contributed by atoms with Crippen molar-refractivity contribution in [3.63, 3.8) is 0 Å². The highest BCUT2D eigenvalue weighted by atomic mass is 19.1. The van der Waals surface area contributed by atoms with E-state index in [2.05, 4.69) is 25.9 Å². The summed E-state index contributed by atoms with van der Waals surface area (Å²) >= 11 is 0. The second-order valence-corrected chi connectivity index (χ2v) is 11.8. The Morgan fingerprint density at radius 3 is 2.53 bits per heavy atom. The smallest absolute Gasteiger partial charge is 0.412 e. The second kappa shape index (κ2) is 10.5. The fourth-order valence-corrected chi connectivity index (χ4v) is 5.62. The lowest BCUT2D eigenvalue weighted by molar-refractivity contribution is 0.0635. The minimum Gasteiger partial charge on any atom is -0.474 e. The van der Waals surface area contributed by atoms with E-state index < -0.39 is 29.6 Å². The summed E-state index contributed by atoms with van der Waals surface area (Å²) in [5, 5.41) is 18.6. The molecular weight excluding hydrogens is 563 g/mol. The standard InChI is InChI=1S/C29H31FN6O7/c1-13-16(9-32-25-24(13)36(28(39)40)5-6-42-25)15-7-14-8-20(33-26(37)34-22-18-11-41-12-19(18)22)31-10-17(14)23(21(15)30)35-27(38)43-29(2,3)4/h7-10,18-19,22H,5-6,11-12H2,1-4H3,(H,35,38)(H,39,40)(H2,31,33,34,37)/t18-,19+,22-. The highest BCUT2D eigenvalue weighted by molar-refractivity contribution is 6.05. The number of urea groups is 1. The van der Waals surface area contributed by atoms with Gasteiger partial charge >= 0.3 is 18.2 Å². The molecule has 43 heavy (non-hydrogen) atoms. The average molecular weight is 595 g/mol. The Labute approximate surface area is 245 Å². The van der Waals surface area contributed by atoms with Gasteiger partial charge < -0.3 is 24.6 Å². The number of carbonyl (C=O) groups excluding carboxylic acids is 2. The summed E-state index contributed by atoms with van der Waals surface area (Å²) in [5.74, 6) is 0.163. The summed E-state index contributed by atoms with van der Waals surface area (Å²) in [6, 6.07) is 2.71. The number of carboxylic acid groups (broad SMARTS) is 1. The highest BCUT2D eigenvalue weighted by Crippen LogP contribution is 2.44. The molecule has 0 spiro atoms. The number of hydrogen-bond acceptors (Lipinski definition) is 8. The van der Waals surface area contributed by atoms with Crippen LogP contribution in [0, 0.1) is 24.6 Å². The van der Waals surface area contributed by atoms with Crippen molar-refractivity contribution in [3.8, 4) is 17.0 Å². The van der Waals surface area contributed by atoms with Crippen molar-refractivity contribution in [2.45, 2.75) is 39.3 Å². The van der Waals surface area contributed by atoms with Gasteiger partial charge in [-0.2, -0.15) is 0 Å². The lowest BCUT2D eigenvalue weighted by Crippen LogP contribution is -2.37. The Balaban J connectivity index is 1.41. The van der Waals surface area contributed by atoms with Crippen molar-refractivity contribution in [1.82, 2.24) is 15.3 Å². The molecule has 0 unspecified atom stereocenters. The largest absolute Gasteiger partial charge is 0.474 e. The van der Waals surface area contributed by atoms with Crippen molar-refractivity contribution >= 4 is 46.2 Å². The van der Waals surface area contributed by atoms with Crippen LogP contribution in [0.5, 0.6) is 5.88 Å². The summed E-state index contributed by atoms with van der Waals surface area (Å²) in [6.07, 6.45) is 0.671. The number of ether oxygens (including phenoxy) is 3. The first-order valence-electron chi connectivity index (χ1n) is 13.8. The Morgan fingerprint density at radius 1 is 1.09 bits per heavy atom. The Kier molecular flexibility index (Phi) is 6.95. The van der Waals surface area contributed by atoms with E-state index in [0.29, 0.717) is 36.0 Å². The molecule has 3 atom stereocenters. The maximum absolute atomic E-state index is 16.3. The summed E-state index contributed by atoms with van der Waals surface area (Å²) in [6.45, 7) is 8.15. The Morgan fingerprint density at radius 2 is 1.84 bits per heavy atom.